The molecule has 8 heteroatoms. The number of carbonyl (C=O) groups is 2. The Kier molecular flexibility index (Phi) is 6.94. The van der Waals surface area contributed by atoms with Crippen molar-refractivity contribution in [2.24, 2.45) is 0 Å². The number of hydrogen-bond donors (Lipinski definition) is 0. The molecule has 0 bridgehead atoms. The number of amides is 2. The van der Waals surface area contributed by atoms with Crippen molar-refractivity contribution in [3.05, 3.63) is 83.0 Å². The maximum atomic E-state index is 13.7. The number of fused-ring (bicyclic) bond motifs is 1. The Morgan fingerprint density at radius 3 is 2.42 bits per heavy atom. The minimum absolute atomic E-state index is 0.0630. The van der Waals surface area contributed by atoms with E-state index in [9.17, 15) is 9.59 Å². The molecule has 0 radical (unpaired) electrons. The smallest absolute Gasteiger partial charge is 0.260 e. The third-order valence-corrected chi connectivity index (χ3v) is 7.12. The van der Waals surface area contributed by atoms with Crippen LogP contribution in [-0.2, 0) is 9.53 Å². The highest BCUT2D eigenvalue weighted by Gasteiger charge is 2.38. The topological polar surface area (TPSA) is 66.0 Å². The number of hydrogen-bond acceptors (Lipinski definition) is 5. The van der Waals surface area contributed by atoms with Crippen LogP contribution in [0.5, 0.6) is 0 Å². The number of rotatable bonds is 4. The average molecular weight is 505 g/mol. The third kappa shape index (κ3) is 4.68. The van der Waals surface area contributed by atoms with Gasteiger partial charge in [0.15, 0.2) is 0 Å². The SMILES string of the molecule is CC(=O)N(c1ccc(Cl)cc1)[C@@H]1C[C@H](C)N(C(=O)c2ccc(N3CCOCC3)nc2)c2ccccc21. The lowest BCUT2D eigenvalue weighted by atomic mass is 9.89. The molecule has 0 N–H and O–H groups in total. The first-order valence-corrected chi connectivity index (χ1v) is 12.6. The lowest BCUT2D eigenvalue weighted by Crippen LogP contribution is -2.47. The van der Waals surface area contributed by atoms with Crippen LogP contribution < -0.4 is 14.7 Å². The van der Waals surface area contributed by atoms with Gasteiger partial charge in [-0.25, -0.2) is 4.98 Å². The first kappa shape index (κ1) is 24.3. The van der Waals surface area contributed by atoms with E-state index in [2.05, 4.69) is 9.88 Å². The summed E-state index contributed by atoms with van der Waals surface area (Å²) in [6.07, 6.45) is 2.26. The summed E-state index contributed by atoms with van der Waals surface area (Å²) in [4.78, 5) is 36.9. The Morgan fingerprint density at radius 1 is 1.03 bits per heavy atom. The Morgan fingerprint density at radius 2 is 1.75 bits per heavy atom. The molecule has 2 aliphatic rings. The Balaban J connectivity index is 1.46. The van der Waals surface area contributed by atoms with Gasteiger partial charge in [0.05, 0.1) is 24.8 Å². The number of morpholine rings is 1. The van der Waals surface area contributed by atoms with Gasteiger partial charge in [-0.3, -0.25) is 9.59 Å². The summed E-state index contributed by atoms with van der Waals surface area (Å²) in [6, 6.07) is 18.5. The predicted octanol–water partition coefficient (Wildman–Crippen LogP) is 5.10. The molecule has 5 rings (SSSR count). The fourth-order valence-electron chi connectivity index (χ4n) is 5.15. The summed E-state index contributed by atoms with van der Waals surface area (Å²) in [6.45, 7) is 6.53. The molecule has 186 valence electrons. The summed E-state index contributed by atoms with van der Waals surface area (Å²) in [7, 11) is 0. The molecule has 3 aromatic rings. The Hall–Kier alpha value is -3.42. The van der Waals surface area contributed by atoms with Gasteiger partial charge in [0.25, 0.3) is 5.91 Å². The van der Waals surface area contributed by atoms with E-state index in [4.69, 9.17) is 16.3 Å². The molecule has 0 aliphatic carbocycles. The van der Waals surface area contributed by atoms with Crippen LogP contribution in [0, 0.1) is 0 Å². The van der Waals surface area contributed by atoms with Crippen molar-refractivity contribution in [3.63, 3.8) is 0 Å². The highest BCUT2D eigenvalue weighted by Crippen LogP contribution is 2.42. The van der Waals surface area contributed by atoms with Crippen LogP contribution in [0.4, 0.5) is 17.2 Å². The average Bonchev–Trinajstić information content (AvgIpc) is 2.90. The number of benzene rings is 2. The highest BCUT2D eigenvalue weighted by atomic mass is 35.5. The van der Waals surface area contributed by atoms with Crippen LogP contribution in [0.3, 0.4) is 0 Å². The van der Waals surface area contributed by atoms with Crippen molar-refractivity contribution in [2.75, 3.05) is 41.0 Å². The van der Waals surface area contributed by atoms with Gasteiger partial charge in [0, 0.05) is 48.6 Å². The standard InChI is InChI=1S/C28H29ClN4O3/c1-19-17-26(33(20(2)34)23-10-8-22(29)9-11-23)24-5-3-4-6-25(24)32(19)28(35)21-7-12-27(30-18-21)31-13-15-36-16-14-31/h3-12,18-19,26H,13-17H2,1-2H3/t19-,26+/m0/s1. The van der Waals surface area contributed by atoms with Crippen LogP contribution in [0.25, 0.3) is 0 Å². The van der Waals surface area contributed by atoms with Gasteiger partial charge in [-0.15, -0.1) is 0 Å². The number of aromatic nitrogens is 1. The second kappa shape index (κ2) is 10.3. The molecule has 0 unspecified atom stereocenters. The zero-order valence-corrected chi connectivity index (χ0v) is 21.2. The highest BCUT2D eigenvalue weighted by molar-refractivity contribution is 6.30. The first-order chi connectivity index (χ1) is 17.4. The number of para-hydroxylation sites is 1. The summed E-state index contributed by atoms with van der Waals surface area (Å²) in [5.41, 5.74) is 3.06. The van der Waals surface area contributed by atoms with Crippen molar-refractivity contribution < 1.29 is 14.3 Å². The zero-order valence-electron chi connectivity index (χ0n) is 20.4. The van der Waals surface area contributed by atoms with Crippen molar-refractivity contribution >= 4 is 40.6 Å². The molecule has 0 saturated carbocycles. The summed E-state index contributed by atoms with van der Waals surface area (Å²) < 4.78 is 5.42. The molecule has 1 saturated heterocycles. The number of pyridine rings is 1. The molecule has 1 aromatic heterocycles. The van der Waals surface area contributed by atoms with Gasteiger partial charge in [-0.1, -0.05) is 29.8 Å². The van der Waals surface area contributed by atoms with Crippen LogP contribution in [0.15, 0.2) is 66.9 Å². The monoisotopic (exact) mass is 504 g/mol. The molecule has 3 heterocycles. The van der Waals surface area contributed by atoms with E-state index in [0.29, 0.717) is 30.2 Å². The fraction of sp³-hybridized carbons (Fsp3) is 0.321. The molecule has 2 amide bonds. The maximum absolute atomic E-state index is 13.7. The van der Waals surface area contributed by atoms with Crippen LogP contribution in [-0.4, -0.2) is 49.1 Å². The zero-order chi connectivity index (χ0) is 25.2. The van der Waals surface area contributed by atoms with E-state index in [-0.39, 0.29) is 23.9 Å². The second-order valence-electron chi connectivity index (χ2n) is 9.20. The summed E-state index contributed by atoms with van der Waals surface area (Å²) >= 11 is 6.09. The van der Waals surface area contributed by atoms with Crippen molar-refractivity contribution in [1.29, 1.82) is 0 Å². The van der Waals surface area contributed by atoms with Crippen molar-refractivity contribution in [1.82, 2.24) is 4.98 Å². The number of carbonyl (C=O) groups excluding carboxylic acids is 2. The first-order valence-electron chi connectivity index (χ1n) is 12.2. The molecule has 2 aliphatic heterocycles. The molecule has 2 atom stereocenters. The molecule has 2 aromatic carbocycles. The van der Waals surface area contributed by atoms with Crippen molar-refractivity contribution in [2.45, 2.75) is 32.4 Å². The Labute approximate surface area is 216 Å². The van der Waals surface area contributed by atoms with E-state index < -0.39 is 0 Å². The molecule has 0 spiro atoms. The van der Waals surface area contributed by atoms with Gasteiger partial charge in [0.2, 0.25) is 5.91 Å². The molecular formula is C28H29ClN4O3. The molecular weight excluding hydrogens is 476 g/mol. The van der Waals surface area contributed by atoms with Crippen LogP contribution in [0.1, 0.15) is 42.2 Å². The summed E-state index contributed by atoms with van der Waals surface area (Å²) in [5, 5.41) is 0.615. The minimum Gasteiger partial charge on any atom is -0.378 e. The van der Waals surface area contributed by atoms with Gasteiger partial charge < -0.3 is 19.4 Å². The molecule has 1 fully saturated rings. The van der Waals surface area contributed by atoms with Crippen molar-refractivity contribution in [3.8, 4) is 0 Å². The van der Waals surface area contributed by atoms with Gasteiger partial charge in [-0.05, 0) is 61.4 Å². The van der Waals surface area contributed by atoms with E-state index in [1.165, 1.54) is 0 Å². The number of halogens is 1. The van der Waals surface area contributed by atoms with E-state index >= 15 is 0 Å². The lowest BCUT2D eigenvalue weighted by Gasteiger charge is -2.43. The predicted molar refractivity (Wildman–Crippen MR) is 142 cm³/mol. The maximum Gasteiger partial charge on any atom is 0.260 e. The van der Waals surface area contributed by atoms with Gasteiger partial charge in [-0.2, -0.15) is 0 Å². The number of nitrogens with zero attached hydrogens (tertiary/aromatic N) is 4. The molecule has 36 heavy (non-hydrogen) atoms. The largest absolute Gasteiger partial charge is 0.378 e. The number of anilines is 3. The molecule has 7 nitrogen and oxygen atoms in total. The van der Waals surface area contributed by atoms with Gasteiger partial charge in [0.1, 0.15) is 5.82 Å². The van der Waals surface area contributed by atoms with E-state index in [1.54, 1.807) is 30.2 Å². The van der Waals surface area contributed by atoms with Crippen LogP contribution >= 0.6 is 11.6 Å². The third-order valence-electron chi connectivity index (χ3n) is 6.86. The minimum atomic E-state index is -0.208. The number of ether oxygens (including phenoxy) is 1. The lowest BCUT2D eigenvalue weighted by molar-refractivity contribution is -0.117. The quantitative estimate of drug-likeness (QED) is 0.494. The van der Waals surface area contributed by atoms with E-state index in [0.717, 1.165) is 35.8 Å². The van der Waals surface area contributed by atoms with Gasteiger partial charge >= 0.3 is 0 Å². The summed E-state index contributed by atoms with van der Waals surface area (Å²) in [5.74, 6) is 0.685. The Bertz CT molecular complexity index is 1240. The van der Waals surface area contributed by atoms with Crippen LogP contribution in [0.2, 0.25) is 5.02 Å². The van der Waals surface area contributed by atoms with E-state index in [1.807, 2.05) is 60.4 Å². The second-order valence-corrected chi connectivity index (χ2v) is 9.64. The normalized spacial score (nSPS) is 19.5. The fourth-order valence-corrected chi connectivity index (χ4v) is 5.28.